The predicted octanol–water partition coefficient (Wildman–Crippen LogP) is 4.10. The number of benzene rings is 1. The van der Waals surface area contributed by atoms with E-state index in [0.29, 0.717) is 6.54 Å². The monoisotopic (exact) mass is 352 g/mol. The predicted molar refractivity (Wildman–Crippen MR) is 97.6 cm³/mol. The first-order valence-electron chi connectivity index (χ1n) is 7.18. The van der Waals surface area contributed by atoms with Gasteiger partial charge in [-0.05, 0) is 25.0 Å². The lowest BCUT2D eigenvalue weighted by molar-refractivity contribution is 0.0714. The molecular formula is C16H17ClN2OS2. The van der Waals surface area contributed by atoms with Crippen LogP contribution in [0.1, 0.15) is 22.5 Å². The molecule has 22 heavy (non-hydrogen) atoms. The van der Waals surface area contributed by atoms with Crippen LogP contribution in [0, 0.1) is 0 Å². The molecule has 1 aromatic carbocycles. The number of hydrogen-bond acceptors (Lipinski definition) is 4. The minimum atomic E-state index is 0. The summed E-state index contributed by atoms with van der Waals surface area (Å²) >= 11 is 3.38. The highest BCUT2D eigenvalue weighted by Crippen LogP contribution is 2.39. The van der Waals surface area contributed by atoms with Crippen molar-refractivity contribution in [3.05, 3.63) is 35.2 Å². The number of nitrogens with zero attached hydrogens (tertiary/aromatic N) is 1. The Hall–Kier alpha value is -1.14. The molecule has 1 amide bonds. The van der Waals surface area contributed by atoms with E-state index < -0.39 is 0 Å². The van der Waals surface area contributed by atoms with Gasteiger partial charge >= 0.3 is 0 Å². The molecule has 3 aromatic rings. The van der Waals surface area contributed by atoms with Gasteiger partial charge in [-0.1, -0.05) is 18.2 Å². The average molecular weight is 353 g/mol. The summed E-state index contributed by atoms with van der Waals surface area (Å²) in [6, 6.07) is 10.6. The molecule has 116 valence electrons. The Morgan fingerprint density at radius 3 is 2.86 bits per heavy atom. The van der Waals surface area contributed by atoms with Gasteiger partial charge in [-0.3, -0.25) is 4.79 Å². The lowest BCUT2D eigenvalue weighted by Gasteiger charge is -2.30. The lowest BCUT2D eigenvalue weighted by Crippen LogP contribution is -2.45. The Labute approximate surface area is 143 Å². The largest absolute Gasteiger partial charge is 0.336 e. The molecule has 4 rings (SSSR count). The van der Waals surface area contributed by atoms with Gasteiger partial charge in [0.15, 0.2) is 0 Å². The average Bonchev–Trinajstić information content (AvgIpc) is 3.04. The second kappa shape index (κ2) is 6.16. The molecule has 0 radical (unpaired) electrons. The van der Waals surface area contributed by atoms with E-state index in [1.165, 1.54) is 19.5 Å². The third-order valence-corrected chi connectivity index (χ3v) is 6.41. The van der Waals surface area contributed by atoms with Gasteiger partial charge in [-0.2, -0.15) is 0 Å². The molecule has 0 spiro atoms. The van der Waals surface area contributed by atoms with Crippen molar-refractivity contribution in [3.63, 3.8) is 0 Å². The number of carbonyl (C=O) groups is 1. The number of rotatable bonds is 1. The second-order valence-electron chi connectivity index (χ2n) is 5.56. The standard InChI is InChI=1S/C16H16N2OS2.ClH/c17-10-4-3-7-18(9-10)16(19)14-8-13-15(21-14)11-5-1-2-6-12(11)20-13;/h1-2,5-6,8,10H,3-4,7,9,17H2;1H. The van der Waals surface area contributed by atoms with Crippen LogP contribution in [0.3, 0.4) is 0 Å². The summed E-state index contributed by atoms with van der Waals surface area (Å²) in [4.78, 5) is 15.4. The first-order chi connectivity index (χ1) is 10.2. The second-order valence-corrected chi connectivity index (χ2v) is 7.69. The summed E-state index contributed by atoms with van der Waals surface area (Å²) in [6.07, 6.45) is 2.03. The summed E-state index contributed by atoms with van der Waals surface area (Å²) < 4.78 is 3.74. The summed E-state index contributed by atoms with van der Waals surface area (Å²) in [5.41, 5.74) is 5.98. The van der Waals surface area contributed by atoms with Gasteiger partial charge in [0.2, 0.25) is 0 Å². The van der Waals surface area contributed by atoms with Crippen LogP contribution in [0.5, 0.6) is 0 Å². The van der Waals surface area contributed by atoms with Crippen molar-refractivity contribution in [1.82, 2.24) is 4.90 Å². The maximum absolute atomic E-state index is 12.6. The summed E-state index contributed by atoms with van der Waals surface area (Å²) in [5.74, 6) is 0.141. The quantitative estimate of drug-likeness (QED) is 0.716. The highest BCUT2D eigenvalue weighted by atomic mass is 35.5. The smallest absolute Gasteiger partial charge is 0.264 e. The van der Waals surface area contributed by atoms with E-state index in [0.717, 1.165) is 24.3 Å². The number of carbonyl (C=O) groups excluding carboxylic acids is 1. The number of nitrogens with two attached hydrogens (primary N) is 1. The minimum absolute atomic E-state index is 0. The van der Waals surface area contributed by atoms with Crippen LogP contribution in [0.25, 0.3) is 19.5 Å². The van der Waals surface area contributed by atoms with E-state index in [2.05, 4.69) is 24.3 Å². The maximum Gasteiger partial charge on any atom is 0.264 e. The zero-order chi connectivity index (χ0) is 14.4. The van der Waals surface area contributed by atoms with Crippen molar-refractivity contribution in [2.45, 2.75) is 18.9 Å². The molecule has 1 fully saturated rings. The molecule has 1 aliphatic rings. The Kier molecular flexibility index (Phi) is 4.41. The van der Waals surface area contributed by atoms with E-state index >= 15 is 0 Å². The number of halogens is 1. The molecule has 3 nitrogen and oxygen atoms in total. The SMILES string of the molecule is Cl.NC1CCCN(C(=O)c2cc3sc4ccccc4c3s2)C1. The topological polar surface area (TPSA) is 46.3 Å². The molecule has 3 heterocycles. The van der Waals surface area contributed by atoms with Crippen LogP contribution in [0.2, 0.25) is 0 Å². The molecule has 1 aliphatic heterocycles. The number of likely N-dealkylation sites (tertiary alicyclic amines) is 1. The molecule has 0 saturated carbocycles. The molecular weight excluding hydrogens is 336 g/mol. The number of hydrogen-bond donors (Lipinski definition) is 1. The molecule has 1 atom stereocenters. The molecule has 0 bridgehead atoms. The third kappa shape index (κ3) is 2.63. The van der Waals surface area contributed by atoms with Gasteiger partial charge in [0, 0.05) is 33.9 Å². The molecule has 2 aromatic heterocycles. The fourth-order valence-electron chi connectivity index (χ4n) is 2.96. The molecule has 1 saturated heterocycles. The lowest BCUT2D eigenvalue weighted by atomic mass is 10.1. The van der Waals surface area contributed by atoms with Crippen LogP contribution >= 0.6 is 35.1 Å². The van der Waals surface area contributed by atoms with Gasteiger partial charge in [0.05, 0.1) is 9.58 Å². The number of fused-ring (bicyclic) bond motifs is 3. The Bertz CT molecular complexity index is 826. The Morgan fingerprint density at radius 1 is 1.23 bits per heavy atom. The highest BCUT2D eigenvalue weighted by Gasteiger charge is 2.24. The van der Waals surface area contributed by atoms with Gasteiger partial charge < -0.3 is 10.6 Å². The van der Waals surface area contributed by atoms with Crippen LogP contribution in [0.4, 0.5) is 0 Å². The van der Waals surface area contributed by atoms with Crippen molar-refractivity contribution >= 4 is 60.5 Å². The van der Waals surface area contributed by atoms with Crippen LogP contribution in [-0.4, -0.2) is 29.9 Å². The van der Waals surface area contributed by atoms with E-state index in [4.69, 9.17) is 5.73 Å². The third-order valence-electron chi connectivity index (χ3n) is 4.01. The van der Waals surface area contributed by atoms with E-state index in [1.54, 1.807) is 22.7 Å². The van der Waals surface area contributed by atoms with Crippen LogP contribution in [0.15, 0.2) is 30.3 Å². The number of piperidine rings is 1. The summed E-state index contributed by atoms with van der Waals surface area (Å²) in [7, 11) is 0. The molecule has 1 unspecified atom stereocenters. The fraction of sp³-hybridized carbons (Fsp3) is 0.312. The molecule has 6 heteroatoms. The summed E-state index contributed by atoms with van der Waals surface area (Å²) in [6.45, 7) is 1.52. The van der Waals surface area contributed by atoms with E-state index in [1.807, 2.05) is 11.0 Å². The maximum atomic E-state index is 12.6. The Morgan fingerprint density at radius 2 is 2.05 bits per heavy atom. The van der Waals surface area contributed by atoms with Crippen molar-refractivity contribution in [2.24, 2.45) is 5.73 Å². The molecule has 0 aliphatic carbocycles. The van der Waals surface area contributed by atoms with E-state index in [9.17, 15) is 4.79 Å². The molecule has 2 N–H and O–H groups in total. The minimum Gasteiger partial charge on any atom is -0.336 e. The Balaban J connectivity index is 0.00000144. The van der Waals surface area contributed by atoms with Crippen LogP contribution < -0.4 is 5.73 Å². The van der Waals surface area contributed by atoms with Gasteiger partial charge in [0.1, 0.15) is 0 Å². The zero-order valence-electron chi connectivity index (χ0n) is 12.0. The normalized spacial score (nSPS) is 18.6. The number of thiophene rings is 2. The first kappa shape index (κ1) is 15.7. The van der Waals surface area contributed by atoms with Gasteiger partial charge in [-0.15, -0.1) is 35.1 Å². The van der Waals surface area contributed by atoms with Crippen molar-refractivity contribution < 1.29 is 4.79 Å². The summed E-state index contributed by atoms with van der Waals surface area (Å²) in [5, 5.41) is 1.26. The van der Waals surface area contributed by atoms with Gasteiger partial charge in [0.25, 0.3) is 5.91 Å². The van der Waals surface area contributed by atoms with Crippen molar-refractivity contribution in [2.75, 3.05) is 13.1 Å². The van der Waals surface area contributed by atoms with E-state index in [-0.39, 0.29) is 24.4 Å². The van der Waals surface area contributed by atoms with Crippen molar-refractivity contribution in [3.8, 4) is 0 Å². The first-order valence-corrected chi connectivity index (χ1v) is 8.81. The fourth-order valence-corrected chi connectivity index (χ4v) is 5.45. The zero-order valence-corrected chi connectivity index (χ0v) is 14.4. The highest BCUT2D eigenvalue weighted by molar-refractivity contribution is 7.33. The van der Waals surface area contributed by atoms with Crippen molar-refractivity contribution in [1.29, 1.82) is 0 Å². The number of amides is 1. The van der Waals surface area contributed by atoms with Gasteiger partial charge in [-0.25, -0.2) is 0 Å². The van der Waals surface area contributed by atoms with Crippen LogP contribution in [-0.2, 0) is 0 Å².